The van der Waals surface area contributed by atoms with Crippen LogP contribution < -0.4 is 0 Å². The minimum Gasteiger partial charge on any atom is -0.508 e. The standard InChI is InChI=1S/C29H21N3O2/c30-19-25(20-31)24-17-26(14-11-21-12-15-27(33)16-13-21)32(29(34)23-9-5-2-6-10-23)28(18-24)22-7-3-1-4-8-22/h1-17,28,33H,18H2. The molecule has 34 heavy (non-hydrogen) atoms. The Bertz CT molecular complexity index is 1340. The molecule has 1 aliphatic rings. The van der Waals surface area contributed by atoms with Crippen LogP contribution in [0, 0.1) is 22.7 Å². The van der Waals surface area contributed by atoms with E-state index in [0.29, 0.717) is 23.3 Å². The van der Waals surface area contributed by atoms with Gasteiger partial charge in [-0.15, -0.1) is 0 Å². The van der Waals surface area contributed by atoms with Gasteiger partial charge in [0.05, 0.1) is 6.04 Å². The lowest BCUT2D eigenvalue weighted by atomic mass is 9.89. The molecular formula is C29H21N3O2. The molecule has 5 heteroatoms. The molecule has 1 aliphatic heterocycles. The van der Waals surface area contributed by atoms with Gasteiger partial charge in [-0.3, -0.25) is 4.79 Å². The minimum absolute atomic E-state index is 0.0308. The van der Waals surface area contributed by atoms with E-state index in [1.165, 1.54) is 0 Å². The summed E-state index contributed by atoms with van der Waals surface area (Å²) >= 11 is 0. The second-order valence-electron chi connectivity index (χ2n) is 7.79. The monoisotopic (exact) mass is 443 g/mol. The molecule has 0 spiro atoms. The van der Waals surface area contributed by atoms with E-state index in [-0.39, 0.29) is 17.2 Å². The maximum absolute atomic E-state index is 13.7. The van der Waals surface area contributed by atoms with Crippen LogP contribution in [0.3, 0.4) is 0 Å². The van der Waals surface area contributed by atoms with Gasteiger partial charge < -0.3 is 10.0 Å². The van der Waals surface area contributed by atoms with Gasteiger partial charge >= 0.3 is 0 Å². The second kappa shape index (κ2) is 10.2. The van der Waals surface area contributed by atoms with Gasteiger partial charge in [-0.2, -0.15) is 10.5 Å². The van der Waals surface area contributed by atoms with Gasteiger partial charge in [0.25, 0.3) is 5.91 Å². The van der Waals surface area contributed by atoms with E-state index in [1.807, 2.05) is 66.7 Å². The van der Waals surface area contributed by atoms with Crippen LogP contribution in [-0.4, -0.2) is 15.9 Å². The number of hydrogen-bond donors (Lipinski definition) is 1. The number of aromatic hydroxyl groups is 1. The molecule has 1 heterocycles. The Kier molecular flexibility index (Phi) is 6.68. The lowest BCUT2D eigenvalue weighted by Gasteiger charge is -2.37. The van der Waals surface area contributed by atoms with Crippen LogP contribution in [-0.2, 0) is 0 Å². The third-order valence-electron chi connectivity index (χ3n) is 5.63. The second-order valence-corrected chi connectivity index (χ2v) is 7.79. The largest absolute Gasteiger partial charge is 0.508 e. The average Bonchev–Trinajstić information content (AvgIpc) is 2.89. The molecule has 164 valence electrons. The van der Waals surface area contributed by atoms with Crippen LogP contribution in [0.1, 0.15) is 33.9 Å². The van der Waals surface area contributed by atoms with Crippen molar-refractivity contribution in [3.05, 3.63) is 131 Å². The highest BCUT2D eigenvalue weighted by Crippen LogP contribution is 2.39. The topological polar surface area (TPSA) is 88.1 Å². The van der Waals surface area contributed by atoms with E-state index in [9.17, 15) is 20.4 Å². The number of amides is 1. The fourth-order valence-corrected chi connectivity index (χ4v) is 3.95. The normalized spacial score (nSPS) is 15.4. The fraction of sp³-hybridized carbons (Fsp3) is 0.0690. The fourth-order valence-electron chi connectivity index (χ4n) is 3.95. The van der Waals surface area contributed by atoms with Crippen LogP contribution in [0.25, 0.3) is 6.08 Å². The molecule has 0 aromatic heterocycles. The van der Waals surface area contributed by atoms with Crippen molar-refractivity contribution in [3.63, 3.8) is 0 Å². The van der Waals surface area contributed by atoms with Gasteiger partial charge in [-0.05, 0) is 59.5 Å². The SMILES string of the molecule is N#CC(C#N)=C1C=C(C=Cc2ccc(O)cc2)N(C(=O)c2ccccc2)C(c2ccccc2)C1. The average molecular weight is 444 g/mol. The van der Waals surface area contributed by atoms with Gasteiger partial charge in [-0.1, -0.05) is 66.7 Å². The predicted molar refractivity (Wildman–Crippen MR) is 130 cm³/mol. The van der Waals surface area contributed by atoms with Gasteiger partial charge in [0.15, 0.2) is 0 Å². The summed E-state index contributed by atoms with van der Waals surface area (Å²) in [4.78, 5) is 15.5. The van der Waals surface area contributed by atoms with Gasteiger partial charge in [0, 0.05) is 11.3 Å². The van der Waals surface area contributed by atoms with E-state index in [2.05, 4.69) is 0 Å². The third kappa shape index (κ3) is 4.80. The first kappa shape index (κ1) is 22.3. The smallest absolute Gasteiger partial charge is 0.258 e. The van der Waals surface area contributed by atoms with E-state index in [0.717, 1.165) is 11.1 Å². The van der Waals surface area contributed by atoms with Crippen molar-refractivity contribution in [2.24, 2.45) is 0 Å². The maximum atomic E-state index is 13.7. The van der Waals surface area contributed by atoms with Crippen molar-refractivity contribution in [1.29, 1.82) is 10.5 Å². The van der Waals surface area contributed by atoms with E-state index in [1.54, 1.807) is 53.5 Å². The molecule has 0 saturated carbocycles. The number of phenolic OH excluding ortho intramolecular Hbond substituents is 1. The van der Waals surface area contributed by atoms with E-state index < -0.39 is 6.04 Å². The number of allylic oxidation sites excluding steroid dienone is 3. The molecule has 0 bridgehead atoms. The Morgan fingerprint density at radius 3 is 2.12 bits per heavy atom. The summed E-state index contributed by atoms with van der Waals surface area (Å²) in [6.45, 7) is 0. The molecule has 0 fully saturated rings. The first-order valence-electron chi connectivity index (χ1n) is 10.8. The zero-order valence-electron chi connectivity index (χ0n) is 18.3. The van der Waals surface area contributed by atoms with Crippen LogP contribution in [0.4, 0.5) is 0 Å². The Hall–Kier alpha value is -4.87. The van der Waals surface area contributed by atoms with Crippen molar-refractivity contribution in [2.45, 2.75) is 12.5 Å². The molecule has 0 radical (unpaired) electrons. The number of benzene rings is 3. The quantitative estimate of drug-likeness (QED) is 0.507. The Labute approximate surface area is 198 Å². The van der Waals surface area contributed by atoms with Crippen molar-refractivity contribution in [2.75, 3.05) is 0 Å². The highest BCUT2D eigenvalue weighted by Gasteiger charge is 2.33. The van der Waals surface area contributed by atoms with Gasteiger partial charge in [-0.25, -0.2) is 0 Å². The molecule has 1 unspecified atom stereocenters. The van der Waals surface area contributed by atoms with Gasteiger partial charge in [0.1, 0.15) is 23.5 Å². The maximum Gasteiger partial charge on any atom is 0.258 e. The van der Waals surface area contributed by atoms with Crippen molar-refractivity contribution >= 4 is 12.0 Å². The molecule has 1 N–H and O–H groups in total. The lowest BCUT2D eigenvalue weighted by Crippen LogP contribution is -2.36. The van der Waals surface area contributed by atoms with E-state index in [4.69, 9.17) is 0 Å². The number of nitriles is 2. The van der Waals surface area contributed by atoms with Crippen LogP contribution in [0.15, 0.2) is 114 Å². The summed E-state index contributed by atoms with van der Waals surface area (Å²) in [7, 11) is 0. The Balaban J connectivity index is 1.88. The predicted octanol–water partition coefficient (Wildman–Crippen LogP) is 5.92. The van der Waals surface area contributed by atoms with Crippen LogP contribution in [0.5, 0.6) is 5.75 Å². The minimum atomic E-state index is -0.398. The number of rotatable bonds is 4. The number of carbonyl (C=O) groups is 1. The highest BCUT2D eigenvalue weighted by atomic mass is 16.3. The van der Waals surface area contributed by atoms with Crippen LogP contribution >= 0.6 is 0 Å². The zero-order valence-corrected chi connectivity index (χ0v) is 18.3. The molecule has 1 atom stereocenters. The summed E-state index contributed by atoms with van der Waals surface area (Å²) in [6, 6.07) is 28.9. The summed E-state index contributed by atoms with van der Waals surface area (Å²) in [5.74, 6) is -0.0115. The third-order valence-corrected chi connectivity index (χ3v) is 5.63. The molecule has 4 rings (SSSR count). The number of hydrogen-bond acceptors (Lipinski definition) is 4. The molecule has 5 nitrogen and oxygen atoms in total. The summed E-state index contributed by atoms with van der Waals surface area (Å²) < 4.78 is 0. The summed E-state index contributed by atoms with van der Waals surface area (Å²) in [6.07, 6.45) is 5.71. The molecule has 3 aromatic carbocycles. The number of phenols is 1. The Morgan fingerprint density at radius 1 is 0.882 bits per heavy atom. The first-order valence-corrected chi connectivity index (χ1v) is 10.8. The summed E-state index contributed by atoms with van der Waals surface area (Å²) in [5.41, 5.74) is 3.47. The Morgan fingerprint density at radius 2 is 1.50 bits per heavy atom. The van der Waals surface area contributed by atoms with Crippen molar-refractivity contribution in [1.82, 2.24) is 4.90 Å². The van der Waals surface area contributed by atoms with Crippen molar-refractivity contribution in [3.8, 4) is 17.9 Å². The molecule has 1 amide bonds. The zero-order chi connectivity index (χ0) is 23.9. The number of carbonyl (C=O) groups excluding carboxylic acids is 1. The lowest BCUT2D eigenvalue weighted by molar-refractivity contribution is 0.0744. The molecule has 3 aromatic rings. The van der Waals surface area contributed by atoms with Gasteiger partial charge in [0.2, 0.25) is 0 Å². The first-order chi connectivity index (χ1) is 16.6. The van der Waals surface area contributed by atoms with Crippen LogP contribution in [0.2, 0.25) is 0 Å². The van der Waals surface area contributed by atoms with Crippen molar-refractivity contribution < 1.29 is 9.90 Å². The number of nitrogens with zero attached hydrogens (tertiary/aromatic N) is 3. The molecular weight excluding hydrogens is 422 g/mol. The molecule has 0 saturated heterocycles. The highest BCUT2D eigenvalue weighted by molar-refractivity contribution is 5.96. The van der Waals surface area contributed by atoms with E-state index >= 15 is 0 Å². The summed E-state index contributed by atoms with van der Waals surface area (Å²) in [5, 5.41) is 28.6. The molecule has 0 aliphatic carbocycles.